The molecule has 3 rings (SSSR count). The minimum Gasteiger partial charge on any atom is -0.452 e. The van der Waals surface area contributed by atoms with Crippen LogP contribution in [0.2, 0.25) is 5.02 Å². The number of aryl methyl sites for hydroxylation is 1. The number of hydrogen-bond acceptors (Lipinski definition) is 5. The molecule has 0 aliphatic heterocycles. The molecule has 3 aromatic rings. The van der Waals surface area contributed by atoms with Crippen molar-refractivity contribution in [2.24, 2.45) is 0 Å². The number of esters is 1. The summed E-state index contributed by atoms with van der Waals surface area (Å²) in [5.41, 5.74) is 3.37. The van der Waals surface area contributed by atoms with Crippen LogP contribution in [0.1, 0.15) is 18.2 Å². The van der Waals surface area contributed by atoms with Crippen LogP contribution in [-0.2, 0) is 20.7 Å². The second kappa shape index (κ2) is 8.99. The Morgan fingerprint density at radius 2 is 1.96 bits per heavy atom. The summed E-state index contributed by atoms with van der Waals surface area (Å²) in [5.74, 6) is -0.908. The number of halogens is 1. The maximum atomic E-state index is 12.2. The Hall–Kier alpha value is -2.70. The van der Waals surface area contributed by atoms with Gasteiger partial charge in [0.05, 0.1) is 12.1 Å². The summed E-state index contributed by atoms with van der Waals surface area (Å²) >= 11 is 7.29. The maximum absolute atomic E-state index is 12.2. The molecule has 0 saturated heterocycles. The van der Waals surface area contributed by atoms with Crippen LogP contribution in [0.4, 0.5) is 5.69 Å². The van der Waals surface area contributed by atoms with Crippen molar-refractivity contribution in [1.82, 2.24) is 4.98 Å². The van der Waals surface area contributed by atoms with E-state index in [1.807, 2.05) is 36.6 Å². The molecule has 1 N–H and O–H groups in total. The number of rotatable bonds is 6. The van der Waals surface area contributed by atoms with E-state index in [1.165, 1.54) is 18.3 Å². The number of amides is 1. The summed E-state index contributed by atoms with van der Waals surface area (Å²) < 4.78 is 5.23. The molecule has 1 atom stereocenters. The summed E-state index contributed by atoms with van der Waals surface area (Å²) in [6, 6.07) is 14.7. The molecule has 0 radical (unpaired) electrons. The van der Waals surface area contributed by atoms with Crippen molar-refractivity contribution in [1.29, 1.82) is 0 Å². The summed E-state index contributed by atoms with van der Waals surface area (Å²) in [5, 5.41) is 5.93. The number of thiazole rings is 1. The van der Waals surface area contributed by atoms with Gasteiger partial charge in [0.15, 0.2) is 6.10 Å². The third-order valence-corrected chi connectivity index (χ3v) is 5.12. The van der Waals surface area contributed by atoms with Gasteiger partial charge in [0.1, 0.15) is 5.01 Å². The summed E-state index contributed by atoms with van der Waals surface area (Å²) in [6.45, 7) is 3.55. The molecule has 144 valence electrons. The number of nitrogens with zero attached hydrogens (tertiary/aromatic N) is 1. The lowest BCUT2D eigenvalue weighted by Gasteiger charge is -2.13. The van der Waals surface area contributed by atoms with Crippen molar-refractivity contribution in [2.45, 2.75) is 26.4 Å². The molecule has 0 aliphatic carbocycles. The molecule has 0 saturated carbocycles. The predicted octanol–water partition coefficient (Wildman–Crippen LogP) is 4.88. The van der Waals surface area contributed by atoms with Gasteiger partial charge in [-0.15, -0.1) is 11.3 Å². The molecular formula is C21H19ClN2O3S. The van der Waals surface area contributed by atoms with Crippen LogP contribution in [0.5, 0.6) is 0 Å². The SMILES string of the molecule is Cc1cccc(-c2nc(CC(=O)O[C@@H](C)C(=O)Nc3ccc(Cl)cc3)cs2)c1. The normalized spacial score (nSPS) is 11.7. The van der Waals surface area contributed by atoms with Gasteiger partial charge in [0, 0.05) is 21.7 Å². The van der Waals surface area contributed by atoms with Crippen LogP contribution in [0.3, 0.4) is 0 Å². The van der Waals surface area contributed by atoms with E-state index in [-0.39, 0.29) is 6.42 Å². The number of aromatic nitrogens is 1. The zero-order valence-electron chi connectivity index (χ0n) is 15.4. The molecule has 1 aromatic heterocycles. The summed E-state index contributed by atoms with van der Waals surface area (Å²) in [4.78, 5) is 28.8. The van der Waals surface area contributed by atoms with E-state index in [0.29, 0.717) is 16.4 Å². The van der Waals surface area contributed by atoms with Gasteiger partial charge < -0.3 is 10.1 Å². The fourth-order valence-corrected chi connectivity index (χ4v) is 3.46. The highest BCUT2D eigenvalue weighted by molar-refractivity contribution is 7.13. The minimum absolute atomic E-state index is 0.0148. The second-order valence-electron chi connectivity index (χ2n) is 6.32. The smallest absolute Gasteiger partial charge is 0.312 e. The minimum atomic E-state index is -0.918. The fraction of sp³-hybridized carbons (Fsp3) is 0.190. The maximum Gasteiger partial charge on any atom is 0.312 e. The zero-order chi connectivity index (χ0) is 20.1. The molecule has 7 heteroatoms. The van der Waals surface area contributed by atoms with E-state index in [9.17, 15) is 9.59 Å². The van der Waals surface area contributed by atoms with Crippen molar-refractivity contribution >= 4 is 40.5 Å². The van der Waals surface area contributed by atoms with Crippen LogP contribution < -0.4 is 5.32 Å². The molecule has 0 unspecified atom stereocenters. The van der Waals surface area contributed by atoms with Gasteiger partial charge in [-0.1, -0.05) is 35.4 Å². The average Bonchev–Trinajstić information content (AvgIpc) is 3.12. The number of ether oxygens (including phenoxy) is 1. The van der Waals surface area contributed by atoms with Crippen molar-refractivity contribution < 1.29 is 14.3 Å². The predicted molar refractivity (Wildman–Crippen MR) is 112 cm³/mol. The average molecular weight is 415 g/mol. The van der Waals surface area contributed by atoms with Crippen LogP contribution in [0.15, 0.2) is 53.9 Å². The molecule has 0 spiro atoms. The van der Waals surface area contributed by atoms with Crippen LogP contribution in [0, 0.1) is 6.92 Å². The molecule has 2 aromatic carbocycles. The fourth-order valence-electron chi connectivity index (χ4n) is 2.52. The highest BCUT2D eigenvalue weighted by Crippen LogP contribution is 2.24. The Labute approximate surface area is 172 Å². The highest BCUT2D eigenvalue weighted by Gasteiger charge is 2.19. The van der Waals surface area contributed by atoms with E-state index >= 15 is 0 Å². The van der Waals surface area contributed by atoms with Gasteiger partial charge in [-0.3, -0.25) is 9.59 Å². The Morgan fingerprint density at radius 3 is 2.68 bits per heavy atom. The molecule has 0 fully saturated rings. The largest absolute Gasteiger partial charge is 0.452 e. The molecule has 28 heavy (non-hydrogen) atoms. The monoisotopic (exact) mass is 414 g/mol. The van der Waals surface area contributed by atoms with Gasteiger partial charge in [0.25, 0.3) is 5.91 Å². The molecular weight excluding hydrogens is 396 g/mol. The first-order chi connectivity index (χ1) is 13.4. The Kier molecular flexibility index (Phi) is 6.44. The van der Waals surface area contributed by atoms with Gasteiger partial charge in [-0.05, 0) is 44.2 Å². The first-order valence-electron chi connectivity index (χ1n) is 8.68. The van der Waals surface area contributed by atoms with Crippen LogP contribution in [-0.4, -0.2) is 23.0 Å². The zero-order valence-corrected chi connectivity index (χ0v) is 17.0. The Bertz CT molecular complexity index is 985. The highest BCUT2D eigenvalue weighted by atomic mass is 35.5. The van der Waals surface area contributed by atoms with E-state index < -0.39 is 18.0 Å². The van der Waals surface area contributed by atoms with Crippen LogP contribution >= 0.6 is 22.9 Å². The van der Waals surface area contributed by atoms with E-state index in [0.717, 1.165) is 16.1 Å². The van der Waals surface area contributed by atoms with Gasteiger partial charge in [-0.2, -0.15) is 0 Å². The molecule has 1 heterocycles. The van der Waals surface area contributed by atoms with Crippen molar-refractivity contribution in [3.8, 4) is 10.6 Å². The van der Waals surface area contributed by atoms with Crippen LogP contribution in [0.25, 0.3) is 10.6 Å². The lowest BCUT2D eigenvalue weighted by atomic mass is 10.1. The molecule has 0 bridgehead atoms. The molecule has 5 nitrogen and oxygen atoms in total. The lowest BCUT2D eigenvalue weighted by Crippen LogP contribution is -2.30. The quantitative estimate of drug-likeness (QED) is 0.583. The number of hydrogen-bond donors (Lipinski definition) is 1. The standard InChI is InChI=1S/C21H19ClN2O3S/c1-13-4-3-5-15(10-13)21-24-18(12-28-21)11-19(25)27-14(2)20(26)23-17-8-6-16(22)7-9-17/h3-10,12,14H,11H2,1-2H3,(H,23,26)/t14-/m0/s1. The number of anilines is 1. The van der Waals surface area contributed by atoms with E-state index in [1.54, 1.807) is 24.3 Å². The van der Waals surface area contributed by atoms with Crippen molar-refractivity contribution in [2.75, 3.05) is 5.32 Å². The molecule has 0 aliphatic rings. The lowest BCUT2D eigenvalue weighted by molar-refractivity contribution is -0.152. The first-order valence-corrected chi connectivity index (χ1v) is 9.94. The van der Waals surface area contributed by atoms with Gasteiger partial charge >= 0.3 is 5.97 Å². The first kappa shape index (κ1) is 20.0. The topological polar surface area (TPSA) is 68.3 Å². The Balaban J connectivity index is 1.55. The van der Waals surface area contributed by atoms with Crippen molar-refractivity contribution in [3.05, 3.63) is 70.2 Å². The number of carbonyl (C=O) groups is 2. The van der Waals surface area contributed by atoms with E-state index in [4.69, 9.17) is 16.3 Å². The Morgan fingerprint density at radius 1 is 1.21 bits per heavy atom. The van der Waals surface area contributed by atoms with Gasteiger partial charge in [0.2, 0.25) is 0 Å². The van der Waals surface area contributed by atoms with Gasteiger partial charge in [-0.25, -0.2) is 4.98 Å². The third kappa shape index (κ3) is 5.41. The van der Waals surface area contributed by atoms with E-state index in [2.05, 4.69) is 10.3 Å². The number of benzene rings is 2. The number of nitrogens with one attached hydrogen (secondary N) is 1. The molecule has 1 amide bonds. The number of carbonyl (C=O) groups excluding carboxylic acids is 2. The van der Waals surface area contributed by atoms with Crippen molar-refractivity contribution in [3.63, 3.8) is 0 Å². The third-order valence-electron chi connectivity index (χ3n) is 3.93. The second-order valence-corrected chi connectivity index (χ2v) is 7.61. The summed E-state index contributed by atoms with van der Waals surface area (Å²) in [6.07, 6.45) is -0.904. The summed E-state index contributed by atoms with van der Waals surface area (Å²) in [7, 11) is 0.